The van der Waals surface area contributed by atoms with E-state index in [0.717, 1.165) is 18.7 Å². The van der Waals surface area contributed by atoms with Crippen molar-refractivity contribution in [2.45, 2.75) is 20.3 Å². The van der Waals surface area contributed by atoms with E-state index < -0.39 is 0 Å². The molecule has 0 fully saturated rings. The van der Waals surface area contributed by atoms with Gasteiger partial charge >= 0.3 is 0 Å². The van der Waals surface area contributed by atoms with Gasteiger partial charge in [0.25, 0.3) is 5.91 Å². The molecule has 1 rings (SSSR count). The van der Waals surface area contributed by atoms with Crippen LogP contribution in [0, 0.1) is 0 Å². The molecular formula is C15H23N3O2. The number of nitrogens with one attached hydrogen (secondary N) is 2. The highest BCUT2D eigenvalue weighted by Gasteiger charge is 2.17. The van der Waals surface area contributed by atoms with Crippen LogP contribution in [0.15, 0.2) is 24.3 Å². The second kappa shape index (κ2) is 8.19. The number of nitrogens with zero attached hydrogens (tertiary/aromatic N) is 1. The Hall–Kier alpha value is -2.04. The Labute approximate surface area is 120 Å². The van der Waals surface area contributed by atoms with E-state index in [-0.39, 0.29) is 18.4 Å². The molecule has 0 heterocycles. The number of carbonyl (C=O) groups is 2. The lowest BCUT2D eigenvalue weighted by molar-refractivity contribution is -0.121. The van der Waals surface area contributed by atoms with E-state index in [9.17, 15) is 9.59 Å². The molecule has 0 unspecified atom stereocenters. The number of hydrogen-bond donors (Lipinski definition) is 2. The first-order valence-corrected chi connectivity index (χ1v) is 6.95. The Kier molecular flexibility index (Phi) is 6.56. The number of likely N-dealkylation sites (N-methyl/N-ethyl adjacent to an activating group) is 1. The van der Waals surface area contributed by atoms with Gasteiger partial charge in [0.15, 0.2) is 0 Å². The van der Waals surface area contributed by atoms with Crippen molar-refractivity contribution in [3.8, 4) is 0 Å². The highest BCUT2D eigenvalue weighted by molar-refractivity contribution is 6.00. The lowest BCUT2D eigenvalue weighted by Crippen LogP contribution is -2.38. The van der Waals surface area contributed by atoms with Crippen molar-refractivity contribution >= 4 is 17.5 Å². The van der Waals surface area contributed by atoms with Crippen molar-refractivity contribution in [1.29, 1.82) is 0 Å². The summed E-state index contributed by atoms with van der Waals surface area (Å²) < 4.78 is 0. The van der Waals surface area contributed by atoms with Gasteiger partial charge in [0.1, 0.15) is 0 Å². The molecule has 0 aliphatic rings. The zero-order valence-electron chi connectivity index (χ0n) is 12.4. The maximum Gasteiger partial charge on any atom is 0.256 e. The van der Waals surface area contributed by atoms with E-state index >= 15 is 0 Å². The summed E-state index contributed by atoms with van der Waals surface area (Å²) in [6.45, 7) is 5.41. The van der Waals surface area contributed by atoms with Gasteiger partial charge in [0, 0.05) is 25.8 Å². The average Bonchev–Trinajstić information content (AvgIpc) is 2.45. The third-order valence-corrected chi connectivity index (χ3v) is 2.82. The van der Waals surface area contributed by atoms with Crippen molar-refractivity contribution in [2.75, 3.05) is 32.0 Å². The minimum Gasteiger partial charge on any atom is -0.385 e. The fraction of sp³-hybridized carbons (Fsp3) is 0.467. The summed E-state index contributed by atoms with van der Waals surface area (Å²) >= 11 is 0. The van der Waals surface area contributed by atoms with Gasteiger partial charge in [-0.15, -0.1) is 0 Å². The average molecular weight is 277 g/mol. The third kappa shape index (κ3) is 4.57. The number of amides is 2. The molecule has 2 N–H and O–H groups in total. The fourth-order valence-electron chi connectivity index (χ4n) is 1.83. The molecule has 0 aliphatic heterocycles. The molecule has 0 radical (unpaired) electrons. The molecule has 0 spiro atoms. The van der Waals surface area contributed by atoms with Gasteiger partial charge in [-0.3, -0.25) is 9.59 Å². The van der Waals surface area contributed by atoms with Crippen molar-refractivity contribution in [1.82, 2.24) is 10.2 Å². The first-order chi connectivity index (χ1) is 9.60. The lowest BCUT2D eigenvalue weighted by atomic mass is 10.1. The quantitative estimate of drug-likeness (QED) is 0.797. The van der Waals surface area contributed by atoms with Gasteiger partial charge < -0.3 is 15.5 Å². The number of carbonyl (C=O) groups excluding carboxylic acids is 2. The minimum absolute atomic E-state index is 0.0687. The van der Waals surface area contributed by atoms with Crippen LogP contribution in [0.1, 0.15) is 30.6 Å². The predicted molar refractivity (Wildman–Crippen MR) is 80.9 cm³/mol. The van der Waals surface area contributed by atoms with Crippen LogP contribution >= 0.6 is 0 Å². The molecule has 1 aromatic carbocycles. The summed E-state index contributed by atoms with van der Waals surface area (Å²) in [5.41, 5.74) is 1.38. The molecule has 20 heavy (non-hydrogen) atoms. The van der Waals surface area contributed by atoms with Crippen molar-refractivity contribution in [2.24, 2.45) is 0 Å². The summed E-state index contributed by atoms with van der Waals surface area (Å²) in [5.74, 6) is -0.295. The van der Waals surface area contributed by atoms with Crippen molar-refractivity contribution in [3.05, 3.63) is 29.8 Å². The third-order valence-electron chi connectivity index (χ3n) is 2.82. The van der Waals surface area contributed by atoms with Crippen molar-refractivity contribution < 1.29 is 9.59 Å². The van der Waals surface area contributed by atoms with E-state index in [4.69, 9.17) is 0 Å². The summed E-state index contributed by atoms with van der Waals surface area (Å²) in [6, 6.07) is 7.32. The molecule has 5 heteroatoms. The second-order valence-electron chi connectivity index (χ2n) is 4.59. The number of benzene rings is 1. The Morgan fingerprint density at radius 2 is 1.90 bits per heavy atom. The Morgan fingerprint density at radius 1 is 1.20 bits per heavy atom. The molecule has 2 amide bonds. The fourth-order valence-corrected chi connectivity index (χ4v) is 1.83. The van der Waals surface area contributed by atoms with E-state index in [1.807, 2.05) is 32.0 Å². The summed E-state index contributed by atoms with van der Waals surface area (Å²) in [7, 11) is 1.64. The standard InChI is InChI=1S/C15H23N3O2/c1-4-10-17-14(19)11-18(3)15(20)12-8-6-7-9-13(12)16-5-2/h6-9,16H,4-5,10-11H2,1-3H3,(H,17,19). The van der Waals surface area contributed by atoms with E-state index in [1.165, 1.54) is 4.90 Å². The largest absolute Gasteiger partial charge is 0.385 e. The molecule has 1 aromatic rings. The van der Waals surface area contributed by atoms with Gasteiger partial charge in [-0.25, -0.2) is 0 Å². The summed E-state index contributed by atoms with van der Waals surface area (Å²) in [4.78, 5) is 25.4. The maximum absolute atomic E-state index is 12.4. The van der Waals surface area contributed by atoms with Gasteiger partial charge in [-0.2, -0.15) is 0 Å². The zero-order chi connectivity index (χ0) is 15.0. The molecule has 0 bridgehead atoms. The van der Waals surface area contributed by atoms with Gasteiger partial charge in [-0.1, -0.05) is 19.1 Å². The van der Waals surface area contributed by atoms with Gasteiger partial charge in [-0.05, 0) is 25.5 Å². The monoisotopic (exact) mass is 277 g/mol. The first kappa shape index (κ1) is 16.0. The summed E-state index contributed by atoms with van der Waals surface area (Å²) in [5, 5.41) is 5.91. The predicted octanol–water partition coefficient (Wildman–Crippen LogP) is 1.72. The topological polar surface area (TPSA) is 61.4 Å². The first-order valence-electron chi connectivity index (χ1n) is 6.95. The van der Waals surface area contributed by atoms with Crippen LogP contribution < -0.4 is 10.6 Å². The maximum atomic E-state index is 12.4. The number of para-hydroxylation sites is 1. The van der Waals surface area contributed by atoms with E-state index in [2.05, 4.69) is 10.6 Å². The molecule has 0 aliphatic carbocycles. The van der Waals surface area contributed by atoms with Crippen molar-refractivity contribution in [3.63, 3.8) is 0 Å². The van der Waals surface area contributed by atoms with Crippen LogP contribution in [-0.2, 0) is 4.79 Å². The van der Waals surface area contributed by atoms with Crippen LogP contribution in [0.4, 0.5) is 5.69 Å². The number of anilines is 1. The molecule has 0 atom stereocenters. The molecule has 5 nitrogen and oxygen atoms in total. The molecule has 0 saturated heterocycles. The van der Waals surface area contributed by atoms with Crippen LogP contribution in [-0.4, -0.2) is 43.4 Å². The highest BCUT2D eigenvalue weighted by Crippen LogP contribution is 2.16. The molecule has 0 saturated carbocycles. The number of rotatable bonds is 7. The smallest absolute Gasteiger partial charge is 0.256 e. The van der Waals surface area contributed by atoms with Crippen LogP contribution in [0.2, 0.25) is 0 Å². The Bertz CT molecular complexity index is 460. The number of hydrogen-bond acceptors (Lipinski definition) is 3. The van der Waals surface area contributed by atoms with E-state index in [0.29, 0.717) is 12.1 Å². The molecule has 0 aromatic heterocycles. The highest BCUT2D eigenvalue weighted by atomic mass is 16.2. The SMILES string of the molecule is CCCNC(=O)CN(C)C(=O)c1ccccc1NCC. The minimum atomic E-state index is -0.159. The lowest BCUT2D eigenvalue weighted by Gasteiger charge is -2.19. The normalized spacial score (nSPS) is 9.95. The molecular weight excluding hydrogens is 254 g/mol. The Morgan fingerprint density at radius 3 is 2.55 bits per heavy atom. The van der Waals surface area contributed by atoms with Crippen LogP contribution in [0.3, 0.4) is 0 Å². The van der Waals surface area contributed by atoms with Gasteiger partial charge in [0.05, 0.1) is 12.1 Å². The van der Waals surface area contributed by atoms with Gasteiger partial charge in [0.2, 0.25) is 5.91 Å². The summed E-state index contributed by atoms with van der Waals surface area (Å²) in [6.07, 6.45) is 0.882. The van der Waals surface area contributed by atoms with E-state index in [1.54, 1.807) is 13.1 Å². The molecule has 110 valence electrons. The second-order valence-corrected chi connectivity index (χ2v) is 4.59. The zero-order valence-corrected chi connectivity index (χ0v) is 12.4. The van der Waals surface area contributed by atoms with Crippen LogP contribution in [0.5, 0.6) is 0 Å². The van der Waals surface area contributed by atoms with Crippen LogP contribution in [0.25, 0.3) is 0 Å². The Balaban J connectivity index is 2.71.